The van der Waals surface area contributed by atoms with Crippen LogP contribution in [0, 0.1) is 12.7 Å². The van der Waals surface area contributed by atoms with Gasteiger partial charge in [-0.15, -0.1) is 0 Å². The average Bonchev–Trinajstić information content (AvgIpc) is 3.36. The molecule has 0 saturated heterocycles. The fraction of sp³-hybridized carbons (Fsp3) is 0.250. The largest absolute Gasteiger partial charge is 0.494 e. The van der Waals surface area contributed by atoms with E-state index in [1.807, 2.05) is 30.7 Å². The van der Waals surface area contributed by atoms with Gasteiger partial charge in [-0.25, -0.2) is 9.37 Å². The minimum atomic E-state index is -0.207. The van der Waals surface area contributed by atoms with Gasteiger partial charge in [0.15, 0.2) is 7.28 Å². The zero-order valence-corrected chi connectivity index (χ0v) is 19.6. The number of aromatic nitrogens is 2. The number of halogens is 1. The zero-order chi connectivity index (χ0) is 23.3. The molecule has 3 aromatic carbocycles. The number of nitrogens with zero attached hydrogens (tertiary/aromatic N) is 2. The minimum Gasteiger partial charge on any atom is -0.494 e. The van der Waals surface area contributed by atoms with Gasteiger partial charge in [-0.1, -0.05) is 61.3 Å². The number of hydrogen-bond donors (Lipinski definition) is 0. The topological polar surface area (TPSA) is 27.1 Å². The maximum absolute atomic E-state index is 12.8. The highest BCUT2D eigenvalue weighted by molar-refractivity contribution is 6.54. The monoisotopic (exact) mass is 442 g/mol. The molecule has 0 atom stereocenters. The number of benzene rings is 3. The van der Waals surface area contributed by atoms with E-state index in [0.717, 1.165) is 30.9 Å². The van der Waals surface area contributed by atoms with E-state index < -0.39 is 0 Å². The van der Waals surface area contributed by atoms with E-state index in [-0.39, 0.29) is 5.82 Å². The Labute approximate surface area is 197 Å². The summed E-state index contributed by atoms with van der Waals surface area (Å²) in [4.78, 5) is 3.93. The number of aryl methyl sites for hydroxylation is 2. The summed E-state index contributed by atoms with van der Waals surface area (Å²) < 4.78 is 20.3. The highest BCUT2D eigenvalue weighted by Crippen LogP contribution is 2.14. The first-order valence-corrected chi connectivity index (χ1v) is 11.7. The van der Waals surface area contributed by atoms with Crippen LogP contribution in [0.5, 0.6) is 5.75 Å². The molecule has 0 N–H and O–H groups in total. The van der Waals surface area contributed by atoms with E-state index in [2.05, 4.69) is 53.5 Å². The van der Waals surface area contributed by atoms with Gasteiger partial charge in [0.05, 0.1) is 12.9 Å². The van der Waals surface area contributed by atoms with Crippen LogP contribution in [0.3, 0.4) is 0 Å². The Morgan fingerprint density at radius 1 is 0.970 bits per heavy atom. The zero-order valence-electron chi connectivity index (χ0n) is 19.6. The summed E-state index contributed by atoms with van der Waals surface area (Å²) in [6.07, 6.45) is 10.2. The van der Waals surface area contributed by atoms with E-state index in [1.165, 1.54) is 48.7 Å². The number of unbranched alkanes of at least 4 members (excludes halogenated alkanes) is 1. The lowest BCUT2D eigenvalue weighted by Crippen LogP contribution is -2.17. The molecule has 3 nitrogen and oxygen atoms in total. The Balaban J connectivity index is 0.000000203. The molecule has 0 bridgehead atoms. The molecule has 33 heavy (non-hydrogen) atoms. The molecule has 0 unspecified atom stereocenters. The van der Waals surface area contributed by atoms with Crippen LogP contribution in [0.4, 0.5) is 4.39 Å². The van der Waals surface area contributed by atoms with Crippen LogP contribution >= 0.6 is 0 Å². The normalized spacial score (nSPS) is 10.3. The highest BCUT2D eigenvalue weighted by Gasteiger charge is 2.04. The summed E-state index contributed by atoms with van der Waals surface area (Å²) in [5, 5.41) is 0. The molecule has 1 heterocycles. The number of imidazole rings is 1. The maximum Gasteiger partial charge on any atom is 0.162 e. The molecule has 0 radical (unpaired) electrons. The summed E-state index contributed by atoms with van der Waals surface area (Å²) in [5.41, 5.74) is 4.65. The van der Waals surface area contributed by atoms with Crippen LogP contribution in [-0.4, -0.2) is 23.4 Å². The van der Waals surface area contributed by atoms with Crippen LogP contribution in [-0.2, 0) is 6.42 Å². The molecule has 4 rings (SSSR count). The summed E-state index contributed by atoms with van der Waals surface area (Å²) in [7, 11) is 1.12. The van der Waals surface area contributed by atoms with Crippen molar-refractivity contribution >= 4 is 12.7 Å². The van der Waals surface area contributed by atoms with Crippen molar-refractivity contribution in [1.82, 2.24) is 9.55 Å². The van der Waals surface area contributed by atoms with Gasteiger partial charge in [0, 0.05) is 18.1 Å². The smallest absolute Gasteiger partial charge is 0.162 e. The van der Waals surface area contributed by atoms with Crippen LogP contribution in [0.25, 0.3) is 5.69 Å². The minimum absolute atomic E-state index is 0.207. The fourth-order valence-corrected chi connectivity index (χ4v) is 3.78. The Morgan fingerprint density at radius 3 is 2.48 bits per heavy atom. The van der Waals surface area contributed by atoms with Gasteiger partial charge < -0.3 is 9.30 Å². The first-order chi connectivity index (χ1) is 16.2. The van der Waals surface area contributed by atoms with Gasteiger partial charge in [-0.3, -0.25) is 0 Å². The van der Waals surface area contributed by atoms with Gasteiger partial charge >= 0.3 is 0 Å². The van der Waals surface area contributed by atoms with E-state index in [1.54, 1.807) is 18.6 Å². The first-order valence-electron chi connectivity index (χ1n) is 11.7. The third-order valence-electron chi connectivity index (χ3n) is 5.47. The van der Waals surface area contributed by atoms with Crippen molar-refractivity contribution in [3.8, 4) is 11.4 Å². The van der Waals surface area contributed by atoms with Crippen molar-refractivity contribution in [1.29, 1.82) is 0 Å². The van der Waals surface area contributed by atoms with E-state index in [0.29, 0.717) is 0 Å². The second-order valence-corrected chi connectivity index (χ2v) is 7.99. The Bertz CT molecular complexity index is 1080. The van der Waals surface area contributed by atoms with E-state index in [9.17, 15) is 4.39 Å². The second-order valence-electron chi connectivity index (χ2n) is 7.99. The average molecular weight is 442 g/mol. The summed E-state index contributed by atoms with van der Waals surface area (Å²) in [6, 6.07) is 23.8. The van der Waals surface area contributed by atoms with Gasteiger partial charge in [-0.05, 0) is 67.5 Å². The molecular weight excluding hydrogens is 410 g/mol. The second kappa shape index (κ2) is 13.3. The van der Waals surface area contributed by atoms with Gasteiger partial charge in [0.1, 0.15) is 11.6 Å². The van der Waals surface area contributed by atoms with Crippen molar-refractivity contribution < 1.29 is 9.13 Å². The molecule has 0 saturated carbocycles. The quantitative estimate of drug-likeness (QED) is 0.238. The standard InChI is InChI=1S/C18H23BO.C10H9FN2/c1-2-20-18-14-7-6-13-17(18)19-15-9-8-12-16-10-4-3-5-11-16;1-8-6-9(11)2-3-10(8)13-5-4-12-7-13/h3-7,10-11,13-14,19H,2,8-9,12,15H2,1H3;2-7H,1H3. The molecular formula is C28H32BFN2O. The lowest BCUT2D eigenvalue weighted by Gasteiger charge is -2.09. The number of hydrogen-bond acceptors (Lipinski definition) is 2. The number of para-hydroxylation sites is 1. The molecule has 0 aliphatic heterocycles. The highest BCUT2D eigenvalue weighted by atomic mass is 19.1. The lowest BCUT2D eigenvalue weighted by atomic mass is 9.65. The molecule has 1 aromatic heterocycles. The van der Waals surface area contributed by atoms with E-state index in [4.69, 9.17) is 4.74 Å². The third-order valence-corrected chi connectivity index (χ3v) is 5.47. The fourth-order valence-electron chi connectivity index (χ4n) is 3.78. The Morgan fingerprint density at radius 2 is 1.76 bits per heavy atom. The summed E-state index contributed by atoms with van der Waals surface area (Å²) in [5.74, 6) is 0.847. The SMILES string of the molecule is CCOc1ccccc1BCCCCc1ccccc1.Cc1cc(F)ccc1-n1ccnc1. The van der Waals surface area contributed by atoms with Crippen LogP contribution in [0.2, 0.25) is 6.32 Å². The van der Waals surface area contributed by atoms with Crippen molar-refractivity contribution in [3.05, 3.63) is 108 Å². The van der Waals surface area contributed by atoms with E-state index >= 15 is 0 Å². The lowest BCUT2D eigenvalue weighted by molar-refractivity contribution is 0.343. The Kier molecular flexibility index (Phi) is 9.77. The van der Waals surface area contributed by atoms with Crippen LogP contribution in [0.15, 0.2) is 91.5 Å². The van der Waals surface area contributed by atoms with Gasteiger partial charge in [-0.2, -0.15) is 0 Å². The third kappa shape index (κ3) is 7.94. The molecule has 0 fully saturated rings. The predicted molar refractivity (Wildman–Crippen MR) is 137 cm³/mol. The van der Waals surface area contributed by atoms with Crippen LogP contribution < -0.4 is 10.2 Å². The molecule has 0 aliphatic rings. The number of ether oxygens (including phenoxy) is 1. The number of rotatable bonds is 9. The van der Waals surface area contributed by atoms with Crippen molar-refractivity contribution in [2.24, 2.45) is 0 Å². The molecule has 0 amide bonds. The molecule has 4 aromatic rings. The summed E-state index contributed by atoms with van der Waals surface area (Å²) >= 11 is 0. The first kappa shape index (κ1) is 24.3. The predicted octanol–water partition coefficient (Wildman–Crippen LogP) is 5.91. The van der Waals surface area contributed by atoms with Crippen molar-refractivity contribution in [2.45, 2.75) is 39.4 Å². The molecule has 0 spiro atoms. The molecule has 0 aliphatic carbocycles. The molecule has 170 valence electrons. The van der Waals surface area contributed by atoms with Crippen molar-refractivity contribution in [2.75, 3.05) is 6.61 Å². The van der Waals surface area contributed by atoms with Crippen molar-refractivity contribution in [3.63, 3.8) is 0 Å². The van der Waals surface area contributed by atoms with Gasteiger partial charge in [0.25, 0.3) is 0 Å². The maximum atomic E-state index is 12.8. The molecule has 5 heteroatoms. The van der Waals surface area contributed by atoms with Crippen LogP contribution in [0.1, 0.15) is 30.9 Å². The summed E-state index contributed by atoms with van der Waals surface area (Å²) in [6.45, 7) is 4.65. The van der Waals surface area contributed by atoms with Gasteiger partial charge in [0.2, 0.25) is 0 Å². The Hall–Kier alpha value is -3.34.